The zero-order chi connectivity index (χ0) is 25.8. The third-order valence-electron chi connectivity index (χ3n) is 5.15. The van der Waals surface area contributed by atoms with Crippen LogP contribution in [0.1, 0.15) is 16.2 Å². The summed E-state index contributed by atoms with van der Waals surface area (Å²) in [5.41, 5.74) is 1.51. The van der Waals surface area contributed by atoms with Crippen LogP contribution in [0.15, 0.2) is 78.0 Å². The van der Waals surface area contributed by atoms with Crippen molar-refractivity contribution < 1.29 is 18.4 Å². The second-order valence-corrected chi connectivity index (χ2v) is 9.70. The molecule has 12 heteroatoms. The largest absolute Gasteiger partial charge is 0.345 e. The number of amides is 2. The van der Waals surface area contributed by atoms with Crippen LogP contribution in [0, 0.1) is 11.6 Å². The number of nitrogens with zero attached hydrogens (tertiary/aromatic N) is 4. The lowest BCUT2D eigenvalue weighted by molar-refractivity contribution is -0.113. The van der Waals surface area contributed by atoms with E-state index in [1.165, 1.54) is 41.7 Å². The SMILES string of the molecule is O=C(CSc1nnc(CNC(=O)c2cccc(F)c2)n1-c1ccc(F)cc1)Nc1nc2ccccc2s1. The number of aromatic nitrogens is 4. The smallest absolute Gasteiger partial charge is 0.251 e. The summed E-state index contributed by atoms with van der Waals surface area (Å²) in [6.07, 6.45) is 0. The first-order chi connectivity index (χ1) is 18.0. The van der Waals surface area contributed by atoms with Crippen molar-refractivity contribution in [2.75, 3.05) is 11.1 Å². The Bertz CT molecular complexity index is 1550. The molecule has 2 heterocycles. The molecule has 5 rings (SSSR count). The van der Waals surface area contributed by atoms with Crippen LogP contribution >= 0.6 is 23.1 Å². The van der Waals surface area contributed by atoms with E-state index in [0.29, 0.717) is 21.8 Å². The minimum absolute atomic E-state index is 0.0188. The first kappa shape index (κ1) is 24.5. The van der Waals surface area contributed by atoms with E-state index in [4.69, 9.17) is 0 Å². The summed E-state index contributed by atoms with van der Waals surface area (Å²) in [5, 5.41) is 14.7. The Morgan fingerprint density at radius 2 is 1.76 bits per heavy atom. The fraction of sp³-hybridized carbons (Fsp3) is 0.0800. The van der Waals surface area contributed by atoms with Gasteiger partial charge in [-0.1, -0.05) is 41.3 Å². The van der Waals surface area contributed by atoms with Crippen molar-refractivity contribution >= 4 is 50.3 Å². The van der Waals surface area contributed by atoms with Gasteiger partial charge in [0, 0.05) is 11.3 Å². The van der Waals surface area contributed by atoms with Crippen molar-refractivity contribution in [2.24, 2.45) is 0 Å². The van der Waals surface area contributed by atoms with Crippen LogP contribution in [0.4, 0.5) is 13.9 Å². The highest BCUT2D eigenvalue weighted by atomic mass is 32.2. The second kappa shape index (κ2) is 10.8. The lowest BCUT2D eigenvalue weighted by Gasteiger charge is -2.11. The highest BCUT2D eigenvalue weighted by Gasteiger charge is 2.18. The molecule has 2 aromatic heterocycles. The maximum atomic E-state index is 13.6. The van der Waals surface area contributed by atoms with Crippen LogP contribution in [-0.4, -0.2) is 37.3 Å². The molecule has 0 saturated heterocycles. The maximum Gasteiger partial charge on any atom is 0.251 e. The van der Waals surface area contributed by atoms with Gasteiger partial charge in [-0.2, -0.15) is 0 Å². The van der Waals surface area contributed by atoms with E-state index in [-0.39, 0.29) is 23.8 Å². The Hall–Kier alpha value is -4.16. The van der Waals surface area contributed by atoms with E-state index in [9.17, 15) is 18.4 Å². The molecular weight excluding hydrogens is 518 g/mol. The summed E-state index contributed by atoms with van der Waals surface area (Å²) in [6.45, 7) is -0.0296. The average molecular weight is 537 g/mol. The van der Waals surface area contributed by atoms with Gasteiger partial charge >= 0.3 is 0 Å². The normalized spacial score (nSPS) is 11.0. The number of rotatable bonds is 8. The zero-order valence-corrected chi connectivity index (χ0v) is 20.7. The van der Waals surface area contributed by atoms with E-state index >= 15 is 0 Å². The van der Waals surface area contributed by atoms with Crippen LogP contribution in [-0.2, 0) is 11.3 Å². The quantitative estimate of drug-likeness (QED) is 0.276. The van der Waals surface area contributed by atoms with Gasteiger partial charge in [0.1, 0.15) is 11.6 Å². The molecule has 2 N–H and O–H groups in total. The lowest BCUT2D eigenvalue weighted by atomic mass is 10.2. The molecule has 0 atom stereocenters. The Balaban J connectivity index is 1.31. The molecule has 0 aliphatic carbocycles. The third kappa shape index (κ3) is 5.81. The molecule has 8 nitrogen and oxygen atoms in total. The number of carbonyl (C=O) groups excluding carboxylic acids is 2. The van der Waals surface area contributed by atoms with E-state index in [0.717, 1.165) is 28.0 Å². The Labute approximate surface area is 217 Å². The molecule has 0 unspecified atom stereocenters. The number of halogens is 2. The summed E-state index contributed by atoms with van der Waals surface area (Å²) in [6, 6.07) is 18.6. The molecule has 0 radical (unpaired) electrons. The summed E-state index contributed by atoms with van der Waals surface area (Å²) in [7, 11) is 0. The third-order valence-corrected chi connectivity index (χ3v) is 7.03. The fourth-order valence-corrected chi connectivity index (χ4v) is 5.11. The van der Waals surface area contributed by atoms with E-state index in [1.807, 2.05) is 24.3 Å². The molecule has 0 aliphatic rings. The Morgan fingerprint density at radius 3 is 2.54 bits per heavy atom. The maximum absolute atomic E-state index is 13.6. The number of carbonyl (C=O) groups is 2. The van der Waals surface area contributed by atoms with Crippen LogP contribution < -0.4 is 10.6 Å². The highest BCUT2D eigenvalue weighted by molar-refractivity contribution is 7.99. The average Bonchev–Trinajstić information content (AvgIpc) is 3.49. The molecule has 0 fully saturated rings. The number of thiazole rings is 1. The Kier molecular flexibility index (Phi) is 7.19. The molecular formula is C25H18F2N6O2S2. The van der Waals surface area contributed by atoms with Crippen molar-refractivity contribution in [3.63, 3.8) is 0 Å². The van der Waals surface area contributed by atoms with Gasteiger partial charge in [-0.05, 0) is 54.6 Å². The number of hydrogen-bond acceptors (Lipinski definition) is 7. The van der Waals surface area contributed by atoms with E-state index < -0.39 is 17.5 Å². The first-order valence-electron chi connectivity index (χ1n) is 11.0. The number of nitrogens with one attached hydrogen (secondary N) is 2. The fourth-order valence-electron chi connectivity index (χ4n) is 3.46. The number of hydrogen-bond donors (Lipinski definition) is 2. The summed E-state index contributed by atoms with van der Waals surface area (Å²) in [4.78, 5) is 29.5. The molecule has 0 saturated carbocycles. The molecule has 5 aromatic rings. The van der Waals surface area contributed by atoms with Crippen LogP contribution in [0.3, 0.4) is 0 Å². The van der Waals surface area contributed by atoms with Crippen molar-refractivity contribution in [1.82, 2.24) is 25.1 Å². The van der Waals surface area contributed by atoms with Gasteiger partial charge in [-0.3, -0.25) is 14.2 Å². The number of thioether (sulfide) groups is 1. The Morgan fingerprint density at radius 1 is 0.946 bits per heavy atom. The molecule has 2 amide bonds. The van der Waals surface area contributed by atoms with Crippen LogP contribution in [0.2, 0.25) is 0 Å². The van der Waals surface area contributed by atoms with Crippen molar-refractivity contribution in [1.29, 1.82) is 0 Å². The van der Waals surface area contributed by atoms with Gasteiger partial charge in [0.15, 0.2) is 16.1 Å². The van der Waals surface area contributed by atoms with Crippen molar-refractivity contribution in [3.05, 3.63) is 95.8 Å². The van der Waals surface area contributed by atoms with Crippen LogP contribution in [0.5, 0.6) is 0 Å². The van der Waals surface area contributed by atoms with Gasteiger partial charge in [-0.25, -0.2) is 13.8 Å². The lowest BCUT2D eigenvalue weighted by Crippen LogP contribution is -2.24. The van der Waals surface area contributed by atoms with Crippen molar-refractivity contribution in [3.8, 4) is 5.69 Å². The monoisotopic (exact) mass is 536 g/mol. The standard InChI is InChI=1S/C25H18F2N6O2S2/c26-16-8-10-18(11-9-16)33-21(13-28-23(35)15-4-3-5-17(27)12-15)31-32-25(33)36-14-22(34)30-24-29-19-6-1-2-7-20(19)37-24/h1-12H,13-14H2,(H,28,35)(H,29,30,34). The van der Waals surface area contributed by atoms with Crippen LogP contribution in [0.25, 0.3) is 15.9 Å². The molecule has 186 valence electrons. The topological polar surface area (TPSA) is 102 Å². The molecule has 37 heavy (non-hydrogen) atoms. The minimum atomic E-state index is -0.523. The number of para-hydroxylation sites is 1. The molecule has 0 bridgehead atoms. The van der Waals surface area contributed by atoms with Gasteiger partial charge in [0.05, 0.1) is 22.5 Å². The van der Waals surface area contributed by atoms with Gasteiger partial charge in [-0.15, -0.1) is 10.2 Å². The van der Waals surface area contributed by atoms with E-state index in [1.54, 1.807) is 16.7 Å². The first-order valence-corrected chi connectivity index (χ1v) is 12.8. The molecule has 3 aromatic carbocycles. The van der Waals surface area contributed by atoms with Gasteiger partial charge in [0.2, 0.25) is 5.91 Å². The van der Waals surface area contributed by atoms with Gasteiger partial charge < -0.3 is 10.6 Å². The summed E-state index contributed by atoms with van der Waals surface area (Å²) < 4.78 is 29.6. The zero-order valence-electron chi connectivity index (χ0n) is 19.0. The minimum Gasteiger partial charge on any atom is -0.345 e. The van der Waals surface area contributed by atoms with Crippen molar-refractivity contribution in [2.45, 2.75) is 11.7 Å². The molecule has 0 aliphatic heterocycles. The number of benzene rings is 3. The summed E-state index contributed by atoms with van der Waals surface area (Å²) >= 11 is 2.51. The summed E-state index contributed by atoms with van der Waals surface area (Å²) in [5.74, 6) is -1.33. The molecule has 0 spiro atoms. The number of anilines is 1. The highest BCUT2D eigenvalue weighted by Crippen LogP contribution is 2.26. The number of fused-ring (bicyclic) bond motifs is 1. The van der Waals surface area contributed by atoms with E-state index in [2.05, 4.69) is 25.8 Å². The van der Waals surface area contributed by atoms with Gasteiger partial charge in [0.25, 0.3) is 5.91 Å². The predicted molar refractivity (Wildman–Crippen MR) is 138 cm³/mol. The predicted octanol–water partition coefficient (Wildman–Crippen LogP) is 4.82. The second-order valence-electron chi connectivity index (χ2n) is 7.73.